The van der Waals surface area contributed by atoms with E-state index in [1.165, 1.54) is 31.4 Å². The molecule has 0 atom stereocenters. The monoisotopic (exact) mass is 246 g/mol. The van der Waals surface area contributed by atoms with E-state index in [1.54, 1.807) is 0 Å². The highest BCUT2D eigenvalue weighted by Gasteiger charge is 2.23. The third-order valence-electron chi connectivity index (χ3n) is 3.82. The number of benzene rings is 1. The molecule has 0 radical (unpaired) electrons. The van der Waals surface area contributed by atoms with Crippen LogP contribution in [0.25, 0.3) is 0 Å². The molecule has 0 aliphatic heterocycles. The third-order valence-corrected chi connectivity index (χ3v) is 3.82. The summed E-state index contributed by atoms with van der Waals surface area (Å²) in [6, 6.07) is 11.5. The lowest BCUT2D eigenvalue weighted by Crippen LogP contribution is -2.41. The molecule has 0 amide bonds. The van der Waals surface area contributed by atoms with Crippen LogP contribution in [0.5, 0.6) is 0 Å². The second-order valence-corrected chi connectivity index (χ2v) is 5.80. The molecule has 100 valence electrons. The lowest BCUT2D eigenvalue weighted by atomic mass is 9.82. The van der Waals surface area contributed by atoms with Crippen molar-refractivity contribution in [3.8, 4) is 0 Å². The quantitative estimate of drug-likeness (QED) is 0.744. The summed E-state index contributed by atoms with van der Waals surface area (Å²) in [5.41, 5.74) is 1.40. The maximum absolute atomic E-state index is 3.64. The summed E-state index contributed by atoms with van der Waals surface area (Å²) in [4.78, 5) is 2.40. The Bertz CT molecular complexity index is 330. The Morgan fingerprint density at radius 2 is 1.94 bits per heavy atom. The number of nitrogens with zero attached hydrogens (tertiary/aromatic N) is 1. The third kappa shape index (κ3) is 4.43. The van der Waals surface area contributed by atoms with Gasteiger partial charge in [0, 0.05) is 12.6 Å². The molecule has 1 aliphatic carbocycles. The minimum Gasteiger partial charge on any atom is -0.314 e. The van der Waals surface area contributed by atoms with Crippen LogP contribution in [-0.4, -0.2) is 31.1 Å². The molecule has 0 saturated heterocycles. The molecule has 0 unspecified atom stereocenters. The Hall–Kier alpha value is -0.860. The van der Waals surface area contributed by atoms with E-state index in [0.717, 1.165) is 25.0 Å². The average molecular weight is 246 g/mol. The molecular weight excluding hydrogens is 220 g/mol. The van der Waals surface area contributed by atoms with Crippen LogP contribution in [-0.2, 0) is 6.54 Å². The van der Waals surface area contributed by atoms with Crippen molar-refractivity contribution in [1.29, 1.82) is 0 Å². The molecule has 1 saturated carbocycles. The largest absolute Gasteiger partial charge is 0.314 e. The number of rotatable bonds is 7. The van der Waals surface area contributed by atoms with E-state index in [9.17, 15) is 0 Å². The van der Waals surface area contributed by atoms with Crippen molar-refractivity contribution >= 4 is 0 Å². The number of hydrogen-bond acceptors (Lipinski definition) is 2. The molecule has 1 N–H and O–H groups in total. The van der Waals surface area contributed by atoms with E-state index in [2.05, 4.69) is 54.5 Å². The maximum Gasteiger partial charge on any atom is 0.0230 e. The standard InChI is InChI=1S/C16H26N2/c1-14-11-16(12-14)17-9-6-10-18(2)13-15-7-4-3-5-8-15/h3-5,7-8,14,16-17H,6,9-13H2,1-2H3. The van der Waals surface area contributed by atoms with Crippen LogP contribution in [0.3, 0.4) is 0 Å². The van der Waals surface area contributed by atoms with Gasteiger partial charge in [-0.1, -0.05) is 37.3 Å². The van der Waals surface area contributed by atoms with Crippen LogP contribution in [0.15, 0.2) is 30.3 Å². The van der Waals surface area contributed by atoms with E-state index in [-0.39, 0.29) is 0 Å². The minimum absolute atomic E-state index is 0.805. The van der Waals surface area contributed by atoms with Crippen molar-refractivity contribution < 1.29 is 0 Å². The summed E-state index contributed by atoms with van der Waals surface area (Å²) in [6.07, 6.45) is 3.99. The predicted molar refractivity (Wildman–Crippen MR) is 77.6 cm³/mol. The van der Waals surface area contributed by atoms with E-state index in [4.69, 9.17) is 0 Å². The lowest BCUT2D eigenvalue weighted by Gasteiger charge is -2.33. The topological polar surface area (TPSA) is 15.3 Å². The van der Waals surface area contributed by atoms with Gasteiger partial charge in [-0.3, -0.25) is 0 Å². The lowest BCUT2D eigenvalue weighted by molar-refractivity contribution is 0.235. The second-order valence-electron chi connectivity index (χ2n) is 5.80. The van der Waals surface area contributed by atoms with Crippen LogP contribution in [0, 0.1) is 5.92 Å². The smallest absolute Gasteiger partial charge is 0.0230 e. The van der Waals surface area contributed by atoms with Gasteiger partial charge in [0.2, 0.25) is 0 Å². The van der Waals surface area contributed by atoms with Gasteiger partial charge in [0.25, 0.3) is 0 Å². The van der Waals surface area contributed by atoms with Crippen molar-refractivity contribution in [1.82, 2.24) is 10.2 Å². The van der Waals surface area contributed by atoms with Crippen LogP contribution >= 0.6 is 0 Å². The summed E-state index contributed by atoms with van der Waals surface area (Å²) < 4.78 is 0. The molecule has 2 rings (SSSR count). The SMILES string of the molecule is CC1CC(NCCCN(C)Cc2ccccc2)C1. The van der Waals surface area contributed by atoms with Gasteiger partial charge in [0.15, 0.2) is 0 Å². The van der Waals surface area contributed by atoms with E-state index in [0.29, 0.717) is 0 Å². The molecule has 0 spiro atoms. The Morgan fingerprint density at radius 3 is 2.61 bits per heavy atom. The van der Waals surface area contributed by atoms with Gasteiger partial charge in [0.1, 0.15) is 0 Å². The maximum atomic E-state index is 3.64. The van der Waals surface area contributed by atoms with E-state index < -0.39 is 0 Å². The van der Waals surface area contributed by atoms with Crippen molar-refractivity contribution in [2.45, 2.75) is 38.8 Å². The molecule has 0 bridgehead atoms. The highest BCUT2D eigenvalue weighted by molar-refractivity contribution is 5.14. The average Bonchev–Trinajstić information content (AvgIpc) is 2.33. The summed E-state index contributed by atoms with van der Waals surface area (Å²) in [6.45, 7) is 5.73. The molecule has 2 heteroatoms. The molecule has 0 heterocycles. The fourth-order valence-corrected chi connectivity index (χ4v) is 2.70. The van der Waals surface area contributed by atoms with Crippen molar-refractivity contribution in [2.24, 2.45) is 5.92 Å². The Balaban J connectivity index is 1.53. The van der Waals surface area contributed by atoms with Crippen molar-refractivity contribution in [3.05, 3.63) is 35.9 Å². The summed E-state index contributed by atoms with van der Waals surface area (Å²) >= 11 is 0. The van der Waals surface area contributed by atoms with Gasteiger partial charge in [-0.25, -0.2) is 0 Å². The van der Waals surface area contributed by atoms with E-state index >= 15 is 0 Å². The zero-order valence-corrected chi connectivity index (χ0v) is 11.7. The Kier molecular flexibility index (Phi) is 5.21. The number of nitrogens with one attached hydrogen (secondary N) is 1. The molecule has 1 fully saturated rings. The zero-order chi connectivity index (χ0) is 12.8. The van der Waals surface area contributed by atoms with Crippen molar-refractivity contribution in [3.63, 3.8) is 0 Å². The Morgan fingerprint density at radius 1 is 1.22 bits per heavy atom. The first-order valence-corrected chi connectivity index (χ1v) is 7.20. The first-order chi connectivity index (χ1) is 8.74. The molecular formula is C16H26N2. The van der Waals surface area contributed by atoms with Gasteiger partial charge in [-0.2, -0.15) is 0 Å². The molecule has 0 aromatic heterocycles. The first kappa shape index (κ1) is 13.6. The van der Waals surface area contributed by atoms with Gasteiger partial charge in [0.05, 0.1) is 0 Å². The fraction of sp³-hybridized carbons (Fsp3) is 0.625. The van der Waals surface area contributed by atoms with E-state index in [1.807, 2.05) is 0 Å². The minimum atomic E-state index is 0.805. The molecule has 1 aromatic rings. The molecule has 1 aliphatic rings. The number of hydrogen-bond donors (Lipinski definition) is 1. The van der Waals surface area contributed by atoms with Crippen LogP contribution < -0.4 is 5.32 Å². The van der Waals surface area contributed by atoms with Crippen LogP contribution in [0.1, 0.15) is 31.7 Å². The highest BCUT2D eigenvalue weighted by Crippen LogP contribution is 2.25. The summed E-state index contributed by atoms with van der Waals surface area (Å²) in [5.74, 6) is 0.947. The highest BCUT2D eigenvalue weighted by atomic mass is 15.1. The van der Waals surface area contributed by atoms with Gasteiger partial charge < -0.3 is 10.2 Å². The summed E-state index contributed by atoms with van der Waals surface area (Å²) in [5, 5.41) is 3.64. The zero-order valence-electron chi connectivity index (χ0n) is 11.7. The first-order valence-electron chi connectivity index (χ1n) is 7.20. The predicted octanol–water partition coefficient (Wildman–Crippen LogP) is 2.90. The Labute approximate surface area is 111 Å². The van der Waals surface area contributed by atoms with Crippen LogP contribution in [0.2, 0.25) is 0 Å². The molecule has 1 aromatic carbocycles. The van der Waals surface area contributed by atoms with Crippen LogP contribution in [0.4, 0.5) is 0 Å². The fourth-order valence-electron chi connectivity index (χ4n) is 2.70. The molecule has 18 heavy (non-hydrogen) atoms. The second kappa shape index (κ2) is 6.91. The van der Waals surface area contributed by atoms with Gasteiger partial charge in [-0.15, -0.1) is 0 Å². The molecule has 2 nitrogen and oxygen atoms in total. The summed E-state index contributed by atoms with van der Waals surface area (Å²) in [7, 11) is 2.21. The van der Waals surface area contributed by atoms with Gasteiger partial charge in [-0.05, 0) is 50.9 Å². The van der Waals surface area contributed by atoms with Gasteiger partial charge >= 0.3 is 0 Å². The van der Waals surface area contributed by atoms with Crippen molar-refractivity contribution in [2.75, 3.05) is 20.1 Å². The normalized spacial score (nSPS) is 23.1.